The summed E-state index contributed by atoms with van der Waals surface area (Å²) < 4.78 is 21.3. The zero-order valence-corrected chi connectivity index (χ0v) is 13.7. The van der Waals surface area contributed by atoms with Gasteiger partial charge in [0.2, 0.25) is 0 Å². The van der Waals surface area contributed by atoms with E-state index >= 15 is 0 Å². The van der Waals surface area contributed by atoms with Gasteiger partial charge in [-0.1, -0.05) is 19.1 Å². The number of ether oxygens (including phenoxy) is 4. The van der Waals surface area contributed by atoms with Crippen molar-refractivity contribution >= 4 is 11.9 Å². The maximum atomic E-state index is 11.7. The fourth-order valence-corrected chi connectivity index (χ4v) is 2.47. The van der Waals surface area contributed by atoms with Crippen LogP contribution in [0.15, 0.2) is 12.2 Å². The molecule has 130 valence electrons. The van der Waals surface area contributed by atoms with Gasteiger partial charge in [-0.2, -0.15) is 0 Å². The Hall–Kier alpha value is -1.44. The van der Waals surface area contributed by atoms with E-state index in [9.17, 15) is 14.7 Å². The quantitative estimate of drug-likeness (QED) is 0.296. The molecule has 2 rings (SSSR count). The standard InChI is InChI=1S/C16H24O7/c1-4-16(2,3)15(19)21-8-7-20-9-22-13-11-6-5-10(23-11)12(13)14(17)18/h5-6,10-13H,4,7-9H2,1-3H3,(H,17,18). The van der Waals surface area contributed by atoms with Crippen LogP contribution in [-0.4, -0.2) is 55.4 Å². The number of carboxylic acid groups (broad SMARTS) is 1. The monoisotopic (exact) mass is 328 g/mol. The summed E-state index contributed by atoms with van der Waals surface area (Å²) in [6, 6.07) is 0. The van der Waals surface area contributed by atoms with Gasteiger partial charge in [-0.3, -0.25) is 9.59 Å². The lowest BCUT2D eigenvalue weighted by atomic mass is 9.91. The zero-order valence-electron chi connectivity index (χ0n) is 13.7. The molecule has 0 amide bonds. The van der Waals surface area contributed by atoms with Crippen LogP contribution < -0.4 is 0 Å². The number of fused-ring (bicyclic) bond motifs is 2. The molecule has 1 saturated heterocycles. The molecule has 2 bridgehead atoms. The fraction of sp³-hybridized carbons (Fsp3) is 0.750. The van der Waals surface area contributed by atoms with E-state index in [0.717, 1.165) is 0 Å². The highest BCUT2D eigenvalue weighted by Crippen LogP contribution is 2.36. The Morgan fingerprint density at radius 1 is 1.22 bits per heavy atom. The Kier molecular flexibility index (Phi) is 5.78. The van der Waals surface area contributed by atoms with Gasteiger partial charge in [-0.05, 0) is 20.3 Å². The Balaban J connectivity index is 1.64. The van der Waals surface area contributed by atoms with Crippen molar-refractivity contribution in [3.8, 4) is 0 Å². The first kappa shape index (κ1) is 17.9. The van der Waals surface area contributed by atoms with Crippen molar-refractivity contribution in [3.63, 3.8) is 0 Å². The van der Waals surface area contributed by atoms with Crippen molar-refractivity contribution in [1.29, 1.82) is 0 Å². The maximum absolute atomic E-state index is 11.7. The summed E-state index contributed by atoms with van der Waals surface area (Å²) in [6.45, 7) is 5.85. The smallest absolute Gasteiger partial charge is 0.312 e. The molecule has 0 aromatic rings. The molecule has 7 nitrogen and oxygen atoms in total. The predicted molar refractivity (Wildman–Crippen MR) is 79.6 cm³/mol. The Bertz CT molecular complexity index is 471. The number of esters is 1. The molecular formula is C16H24O7. The molecule has 0 saturated carbocycles. The summed E-state index contributed by atoms with van der Waals surface area (Å²) in [5.41, 5.74) is -0.502. The first-order valence-corrected chi connectivity index (χ1v) is 7.80. The molecule has 0 radical (unpaired) electrons. The van der Waals surface area contributed by atoms with Gasteiger partial charge in [0.15, 0.2) is 0 Å². The van der Waals surface area contributed by atoms with Crippen molar-refractivity contribution in [2.45, 2.75) is 45.5 Å². The molecule has 4 atom stereocenters. The number of carbonyl (C=O) groups is 2. The maximum Gasteiger partial charge on any atom is 0.312 e. The summed E-state index contributed by atoms with van der Waals surface area (Å²) in [7, 11) is 0. The average Bonchev–Trinajstić information content (AvgIpc) is 3.11. The van der Waals surface area contributed by atoms with E-state index in [2.05, 4.69) is 0 Å². The highest BCUT2D eigenvalue weighted by Gasteiger charge is 2.50. The van der Waals surface area contributed by atoms with Gasteiger partial charge in [0.25, 0.3) is 0 Å². The number of carbonyl (C=O) groups excluding carboxylic acids is 1. The van der Waals surface area contributed by atoms with Gasteiger partial charge >= 0.3 is 11.9 Å². The minimum Gasteiger partial charge on any atom is -0.481 e. The Labute approximate surface area is 135 Å². The third-order valence-electron chi connectivity index (χ3n) is 4.36. The average molecular weight is 328 g/mol. The van der Waals surface area contributed by atoms with Crippen molar-refractivity contribution in [3.05, 3.63) is 12.2 Å². The minimum absolute atomic E-state index is 0.0659. The van der Waals surface area contributed by atoms with E-state index < -0.39 is 29.5 Å². The lowest BCUT2D eigenvalue weighted by Gasteiger charge is -2.22. The van der Waals surface area contributed by atoms with Gasteiger partial charge in [0, 0.05) is 0 Å². The predicted octanol–water partition coefficient (Wildman–Crippen LogP) is 1.36. The summed E-state index contributed by atoms with van der Waals surface area (Å²) in [5, 5.41) is 9.21. The zero-order chi connectivity index (χ0) is 17.0. The highest BCUT2D eigenvalue weighted by molar-refractivity contribution is 5.75. The first-order valence-electron chi connectivity index (χ1n) is 7.80. The topological polar surface area (TPSA) is 91.3 Å². The molecule has 2 aliphatic rings. The Morgan fingerprint density at radius 2 is 1.91 bits per heavy atom. The normalized spacial score (nSPS) is 29.0. The van der Waals surface area contributed by atoms with Crippen molar-refractivity contribution in [1.82, 2.24) is 0 Å². The molecule has 2 aliphatic heterocycles. The van der Waals surface area contributed by atoms with Crippen molar-refractivity contribution in [2.75, 3.05) is 20.0 Å². The molecule has 0 aliphatic carbocycles. The number of carboxylic acids is 1. The first-order chi connectivity index (χ1) is 10.9. The summed E-state index contributed by atoms with van der Waals surface area (Å²) >= 11 is 0. The lowest BCUT2D eigenvalue weighted by Crippen LogP contribution is -2.38. The van der Waals surface area contributed by atoms with E-state index in [1.165, 1.54) is 0 Å². The summed E-state index contributed by atoms with van der Waals surface area (Å²) in [5.74, 6) is -1.92. The van der Waals surface area contributed by atoms with Crippen molar-refractivity contribution < 1.29 is 33.6 Å². The van der Waals surface area contributed by atoms with Crippen LogP contribution in [0.1, 0.15) is 27.2 Å². The summed E-state index contributed by atoms with van der Waals surface area (Å²) in [4.78, 5) is 23.0. The molecule has 1 fully saturated rings. The lowest BCUT2D eigenvalue weighted by molar-refractivity contribution is -0.162. The van der Waals surface area contributed by atoms with Gasteiger partial charge in [0.05, 0.1) is 18.1 Å². The number of hydrogen-bond donors (Lipinski definition) is 1. The second-order valence-electron chi connectivity index (χ2n) is 6.34. The van der Waals surface area contributed by atoms with E-state index in [0.29, 0.717) is 6.42 Å². The second-order valence-corrected chi connectivity index (χ2v) is 6.34. The van der Waals surface area contributed by atoms with Crippen molar-refractivity contribution in [2.24, 2.45) is 11.3 Å². The van der Waals surface area contributed by atoms with E-state index in [4.69, 9.17) is 18.9 Å². The van der Waals surface area contributed by atoms with Gasteiger partial charge in [-0.25, -0.2) is 0 Å². The largest absolute Gasteiger partial charge is 0.481 e. The third kappa shape index (κ3) is 4.10. The SMILES string of the molecule is CCC(C)(C)C(=O)OCCOCOC1C2C=CC(O2)C1C(=O)O. The molecule has 1 N–H and O–H groups in total. The van der Waals surface area contributed by atoms with Crippen LogP contribution in [0.5, 0.6) is 0 Å². The number of rotatable bonds is 9. The van der Waals surface area contributed by atoms with E-state index in [-0.39, 0.29) is 32.1 Å². The molecule has 23 heavy (non-hydrogen) atoms. The molecular weight excluding hydrogens is 304 g/mol. The van der Waals surface area contributed by atoms with Crippen LogP contribution in [0.2, 0.25) is 0 Å². The number of hydrogen-bond acceptors (Lipinski definition) is 6. The van der Waals surface area contributed by atoms with E-state index in [1.807, 2.05) is 26.8 Å². The van der Waals surface area contributed by atoms with Crippen LogP contribution in [0, 0.1) is 11.3 Å². The second kappa shape index (κ2) is 7.42. The van der Waals surface area contributed by atoms with Crippen LogP contribution in [-0.2, 0) is 28.5 Å². The molecule has 2 heterocycles. The van der Waals surface area contributed by atoms with Gasteiger partial charge in [0.1, 0.15) is 31.5 Å². The molecule has 4 unspecified atom stereocenters. The van der Waals surface area contributed by atoms with Gasteiger partial charge < -0.3 is 24.1 Å². The molecule has 0 spiro atoms. The minimum atomic E-state index is -0.942. The van der Waals surface area contributed by atoms with Crippen LogP contribution in [0.25, 0.3) is 0 Å². The van der Waals surface area contributed by atoms with Crippen LogP contribution in [0.4, 0.5) is 0 Å². The summed E-state index contributed by atoms with van der Waals surface area (Å²) in [6.07, 6.45) is 2.93. The molecule has 0 aromatic carbocycles. The highest BCUT2D eigenvalue weighted by atomic mass is 16.7. The van der Waals surface area contributed by atoms with Crippen LogP contribution in [0.3, 0.4) is 0 Å². The van der Waals surface area contributed by atoms with Crippen LogP contribution >= 0.6 is 0 Å². The Morgan fingerprint density at radius 3 is 2.57 bits per heavy atom. The van der Waals surface area contributed by atoms with E-state index in [1.54, 1.807) is 6.08 Å². The number of aliphatic carboxylic acids is 1. The fourth-order valence-electron chi connectivity index (χ4n) is 2.47. The third-order valence-corrected chi connectivity index (χ3v) is 4.36. The molecule has 0 aromatic heterocycles. The van der Waals surface area contributed by atoms with Gasteiger partial charge in [-0.15, -0.1) is 0 Å². The molecule has 7 heteroatoms.